The molecule has 1 fully saturated rings. The number of sulfonamides is 1. The van der Waals surface area contributed by atoms with E-state index in [0.717, 1.165) is 32.0 Å². The van der Waals surface area contributed by atoms with Crippen LogP contribution in [0.4, 0.5) is 11.5 Å². The smallest absolute Gasteiger partial charge is 0.243 e. The van der Waals surface area contributed by atoms with Crippen molar-refractivity contribution < 1.29 is 13.2 Å². The number of carbonyl (C=O) groups is 1. The second kappa shape index (κ2) is 10.4. The summed E-state index contributed by atoms with van der Waals surface area (Å²) in [6, 6.07) is 10.1. The molecule has 0 radical (unpaired) electrons. The van der Waals surface area contributed by atoms with Gasteiger partial charge >= 0.3 is 0 Å². The summed E-state index contributed by atoms with van der Waals surface area (Å²) in [7, 11) is -3.57. The molecular formula is C21H28ClN5O3S. The van der Waals surface area contributed by atoms with Gasteiger partial charge in [-0.2, -0.15) is 4.31 Å². The Hall–Kier alpha value is -2.20. The van der Waals surface area contributed by atoms with Gasteiger partial charge in [0.1, 0.15) is 5.82 Å². The molecule has 1 amide bonds. The number of halogens is 1. The molecule has 1 aliphatic heterocycles. The molecule has 1 aliphatic rings. The second-order valence-corrected chi connectivity index (χ2v) is 9.64. The fraction of sp³-hybridized carbons (Fsp3) is 0.429. The minimum Gasteiger partial charge on any atom is -0.354 e. The number of rotatable bonds is 8. The number of hydrogen-bond donors (Lipinski definition) is 1. The molecule has 1 aromatic heterocycles. The standard InChI is InChI=1S/C21H28ClN5O3S/c1-3-27(4-2)31(29,30)19-7-5-6-18(14-19)24-21(28)16-25-10-12-26(13-11-25)20-9-8-17(22)15-23-20/h5-9,14-15H,3-4,10-13,16H2,1-2H3,(H,24,28). The average molecular weight is 466 g/mol. The monoisotopic (exact) mass is 465 g/mol. The van der Waals surface area contributed by atoms with E-state index in [1.807, 2.05) is 12.1 Å². The minimum atomic E-state index is -3.57. The zero-order chi connectivity index (χ0) is 22.4. The summed E-state index contributed by atoms with van der Waals surface area (Å²) in [4.78, 5) is 21.3. The molecule has 0 atom stereocenters. The topological polar surface area (TPSA) is 85.8 Å². The van der Waals surface area contributed by atoms with Crippen molar-refractivity contribution >= 4 is 39.0 Å². The molecule has 0 unspecified atom stereocenters. The van der Waals surface area contributed by atoms with E-state index in [2.05, 4.69) is 20.1 Å². The summed E-state index contributed by atoms with van der Waals surface area (Å²) < 4.78 is 26.8. The Morgan fingerprint density at radius 2 is 1.84 bits per heavy atom. The number of benzene rings is 1. The molecular weight excluding hydrogens is 438 g/mol. The maximum Gasteiger partial charge on any atom is 0.243 e. The van der Waals surface area contributed by atoms with Gasteiger partial charge in [0.15, 0.2) is 0 Å². The van der Waals surface area contributed by atoms with Crippen LogP contribution in [0.15, 0.2) is 47.5 Å². The highest BCUT2D eigenvalue weighted by molar-refractivity contribution is 7.89. The summed E-state index contributed by atoms with van der Waals surface area (Å²) in [5.41, 5.74) is 0.474. The molecule has 10 heteroatoms. The molecule has 31 heavy (non-hydrogen) atoms. The molecule has 1 saturated heterocycles. The SMILES string of the molecule is CCN(CC)S(=O)(=O)c1cccc(NC(=O)CN2CCN(c3ccc(Cl)cn3)CC2)c1. The summed E-state index contributed by atoms with van der Waals surface area (Å²) in [6.45, 7) is 7.63. The van der Waals surface area contributed by atoms with Gasteiger partial charge in [-0.25, -0.2) is 13.4 Å². The molecule has 2 aromatic rings. The zero-order valence-electron chi connectivity index (χ0n) is 17.8. The maximum atomic E-state index is 12.7. The van der Waals surface area contributed by atoms with Crippen LogP contribution >= 0.6 is 11.6 Å². The number of anilines is 2. The van der Waals surface area contributed by atoms with Crippen LogP contribution in [0.5, 0.6) is 0 Å². The van der Waals surface area contributed by atoms with Crippen LogP contribution in [0.3, 0.4) is 0 Å². The number of nitrogens with zero attached hydrogens (tertiary/aromatic N) is 4. The lowest BCUT2D eigenvalue weighted by molar-refractivity contribution is -0.117. The van der Waals surface area contributed by atoms with Crippen LogP contribution in [0.2, 0.25) is 5.02 Å². The summed E-state index contributed by atoms with van der Waals surface area (Å²) in [5, 5.41) is 3.43. The first-order valence-electron chi connectivity index (χ1n) is 10.3. The summed E-state index contributed by atoms with van der Waals surface area (Å²) in [6.07, 6.45) is 1.63. The number of hydrogen-bond acceptors (Lipinski definition) is 6. The molecule has 3 rings (SSSR count). The predicted octanol–water partition coefficient (Wildman–Crippen LogP) is 2.53. The first kappa shape index (κ1) is 23.5. The predicted molar refractivity (Wildman–Crippen MR) is 123 cm³/mol. The third-order valence-corrected chi connectivity index (χ3v) is 7.51. The Morgan fingerprint density at radius 1 is 1.13 bits per heavy atom. The minimum absolute atomic E-state index is 0.171. The average Bonchev–Trinajstić information content (AvgIpc) is 2.76. The van der Waals surface area contributed by atoms with Crippen LogP contribution in [-0.4, -0.2) is 74.3 Å². The first-order valence-corrected chi connectivity index (χ1v) is 12.1. The molecule has 0 bridgehead atoms. The largest absolute Gasteiger partial charge is 0.354 e. The van der Waals surface area contributed by atoms with E-state index in [-0.39, 0.29) is 17.3 Å². The Kier molecular flexibility index (Phi) is 7.88. The van der Waals surface area contributed by atoms with Crippen LogP contribution in [-0.2, 0) is 14.8 Å². The van der Waals surface area contributed by atoms with Gasteiger partial charge in [-0.15, -0.1) is 0 Å². The van der Waals surface area contributed by atoms with Crippen molar-refractivity contribution in [1.82, 2.24) is 14.2 Å². The zero-order valence-corrected chi connectivity index (χ0v) is 19.4. The van der Waals surface area contributed by atoms with E-state index < -0.39 is 10.0 Å². The van der Waals surface area contributed by atoms with Crippen molar-refractivity contribution in [2.45, 2.75) is 18.7 Å². The fourth-order valence-electron chi connectivity index (χ4n) is 3.54. The molecule has 0 aliphatic carbocycles. The molecule has 1 aromatic carbocycles. The van der Waals surface area contributed by atoms with Crippen LogP contribution in [0.1, 0.15) is 13.8 Å². The van der Waals surface area contributed by atoms with Gasteiger partial charge in [0, 0.05) is 51.2 Å². The Balaban J connectivity index is 1.55. The number of carbonyl (C=O) groups excluding carboxylic acids is 1. The number of pyridine rings is 1. The van der Waals surface area contributed by atoms with E-state index in [9.17, 15) is 13.2 Å². The summed E-state index contributed by atoms with van der Waals surface area (Å²) >= 11 is 5.89. The van der Waals surface area contributed by atoms with Crippen LogP contribution in [0, 0.1) is 0 Å². The molecule has 0 saturated carbocycles. The van der Waals surface area contributed by atoms with Gasteiger partial charge < -0.3 is 10.2 Å². The van der Waals surface area contributed by atoms with Gasteiger partial charge in [0.25, 0.3) is 0 Å². The highest BCUT2D eigenvalue weighted by atomic mass is 35.5. The van der Waals surface area contributed by atoms with Gasteiger partial charge in [-0.05, 0) is 30.3 Å². The van der Waals surface area contributed by atoms with Crippen molar-refractivity contribution in [2.24, 2.45) is 0 Å². The molecule has 2 heterocycles. The second-order valence-electron chi connectivity index (χ2n) is 7.26. The van der Waals surface area contributed by atoms with E-state index >= 15 is 0 Å². The third kappa shape index (κ3) is 5.94. The lowest BCUT2D eigenvalue weighted by atomic mass is 10.3. The highest BCUT2D eigenvalue weighted by Crippen LogP contribution is 2.20. The van der Waals surface area contributed by atoms with Crippen molar-refractivity contribution in [1.29, 1.82) is 0 Å². The van der Waals surface area contributed by atoms with Crippen LogP contribution in [0.25, 0.3) is 0 Å². The van der Waals surface area contributed by atoms with Gasteiger partial charge in [0.05, 0.1) is 16.5 Å². The van der Waals surface area contributed by atoms with E-state index in [1.54, 1.807) is 38.2 Å². The molecule has 0 spiro atoms. The molecule has 1 N–H and O–H groups in total. The van der Waals surface area contributed by atoms with Crippen molar-refractivity contribution in [2.75, 3.05) is 56.0 Å². The fourth-order valence-corrected chi connectivity index (χ4v) is 5.16. The number of amides is 1. The lowest BCUT2D eigenvalue weighted by Gasteiger charge is -2.35. The lowest BCUT2D eigenvalue weighted by Crippen LogP contribution is -2.48. The van der Waals surface area contributed by atoms with Crippen molar-refractivity contribution in [3.8, 4) is 0 Å². The van der Waals surface area contributed by atoms with Gasteiger partial charge in [0.2, 0.25) is 15.9 Å². The normalized spacial score (nSPS) is 15.3. The number of piperazine rings is 1. The Labute approximate surface area is 188 Å². The van der Waals surface area contributed by atoms with Crippen molar-refractivity contribution in [3.63, 3.8) is 0 Å². The Morgan fingerprint density at radius 3 is 2.45 bits per heavy atom. The summed E-state index contributed by atoms with van der Waals surface area (Å²) in [5.74, 6) is 0.704. The van der Waals surface area contributed by atoms with E-state index in [1.165, 1.54) is 10.4 Å². The maximum absolute atomic E-state index is 12.7. The van der Waals surface area contributed by atoms with E-state index in [4.69, 9.17) is 11.6 Å². The van der Waals surface area contributed by atoms with Crippen LogP contribution < -0.4 is 10.2 Å². The first-order chi connectivity index (χ1) is 14.8. The Bertz CT molecular complexity index is 988. The van der Waals surface area contributed by atoms with Gasteiger partial charge in [-0.3, -0.25) is 9.69 Å². The van der Waals surface area contributed by atoms with Gasteiger partial charge in [-0.1, -0.05) is 31.5 Å². The van der Waals surface area contributed by atoms with E-state index in [0.29, 0.717) is 23.8 Å². The van der Waals surface area contributed by atoms with Crippen molar-refractivity contribution in [3.05, 3.63) is 47.6 Å². The third-order valence-electron chi connectivity index (χ3n) is 5.24. The molecule has 8 nitrogen and oxygen atoms in total. The number of nitrogens with one attached hydrogen (secondary N) is 1. The quantitative estimate of drug-likeness (QED) is 0.644. The number of aromatic nitrogens is 1. The highest BCUT2D eigenvalue weighted by Gasteiger charge is 2.23. The molecule has 168 valence electrons.